The van der Waals surface area contributed by atoms with Crippen molar-refractivity contribution < 1.29 is 126 Å². The van der Waals surface area contributed by atoms with E-state index in [1.165, 1.54) is 0 Å². The third-order valence-electron chi connectivity index (χ3n) is 0.670. The van der Waals surface area contributed by atoms with Gasteiger partial charge in [0.25, 0.3) is 0 Å². The number of carboxylic acid groups (broad SMARTS) is 5. The van der Waals surface area contributed by atoms with Crippen LogP contribution in [0.4, 0.5) is 0 Å². The molecule has 0 aromatic carbocycles. The first-order chi connectivity index (χ1) is 11.4. The van der Waals surface area contributed by atoms with E-state index in [1.54, 1.807) is 0 Å². The third-order valence-corrected chi connectivity index (χ3v) is 0.670. The summed E-state index contributed by atoms with van der Waals surface area (Å²) in [5.41, 5.74) is 0. The maximum Gasteiger partial charge on any atom is 1.00 e. The predicted octanol–water partition coefficient (Wildman–Crippen LogP) is -9.02. The Hall–Kier alpha value is -1.14. The molecule has 0 amide bonds. The molecule has 15 nitrogen and oxygen atoms in total. The first-order valence-electron chi connectivity index (χ1n) is 5.47. The maximum atomic E-state index is 9.12. The summed E-state index contributed by atoms with van der Waals surface area (Å²) in [6.45, 7) is -4.00. The van der Waals surface area contributed by atoms with Crippen LogP contribution in [0, 0.1) is 0 Å². The molecule has 154 valence electrons. The number of carbonyl (C=O) groups excluding carboxylic acids is 1. The molecule has 0 aromatic heterocycles. The van der Waals surface area contributed by atoms with E-state index >= 15 is 0 Å². The van der Waals surface area contributed by atoms with Crippen LogP contribution in [0.25, 0.3) is 0 Å². The largest absolute Gasteiger partial charge is 1.00 e. The topological polar surface area (TPSA) is 290 Å². The molecule has 0 aromatic rings. The van der Waals surface area contributed by atoms with Gasteiger partial charge in [-0.25, -0.2) is 19.2 Å². The summed E-state index contributed by atoms with van der Waals surface area (Å²) in [5.74, 6) is -6.20. The van der Waals surface area contributed by atoms with Gasteiger partial charge in [0, 0.05) is 21.7 Å². The van der Waals surface area contributed by atoms with Crippen LogP contribution in [0.2, 0.25) is 0 Å². The van der Waals surface area contributed by atoms with Gasteiger partial charge in [0.15, 0.2) is 0 Å². The molecule has 9 N–H and O–H groups in total. The molecule has 0 fully saturated rings. The van der Waals surface area contributed by atoms with Gasteiger partial charge >= 0.3 is 53.4 Å². The second-order valence-electron chi connectivity index (χ2n) is 2.74. The van der Waals surface area contributed by atoms with E-state index in [0.717, 1.165) is 0 Å². The van der Waals surface area contributed by atoms with Crippen molar-refractivity contribution in [2.45, 2.75) is 0 Å². The Bertz CT molecular complexity index is 294. The molecule has 0 radical (unpaired) electrons. The Morgan fingerprint density at radius 2 is 0.593 bits per heavy atom. The molecule has 0 atom stereocenters. The van der Waals surface area contributed by atoms with Gasteiger partial charge in [-0.1, -0.05) is 0 Å². The van der Waals surface area contributed by atoms with E-state index in [-0.39, 0.29) is 51.3 Å². The van der Waals surface area contributed by atoms with Crippen LogP contribution in [-0.2, 0) is 45.7 Å². The van der Waals surface area contributed by atoms with E-state index in [4.69, 9.17) is 75.0 Å². The second kappa shape index (κ2) is 39.8. The van der Waals surface area contributed by atoms with Crippen molar-refractivity contribution in [3.8, 4) is 0 Å². The first-order valence-corrected chi connectivity index (χ1v) is 5.47. The summed E-state index contributed by atoms with van der Waals surface area (Å²) in [5, 5.41) is 76.6. The standard InChI is InChI=1S/5C2H4O3.Na.Ti/c5*3-1-2(4)5;;/h5*3H,1H2,(H,4,5);;/q;;;;;+1;/p-1. The average Bonchev–Trinajstić information content (AvgIpc) is 2.56. The molecule has 0 aliphatic carbocycles. The average molecular weight is 450 g/mol. The minimum absolute atomic E-state index is 0. The van der Waals surface area contributed by atoms with Gasteiger partial charge in [0.05, 0.1) is 12.6 Å². The Kier molecular flexibility index (Phi) is 66.2. The molecule has 0 heterocycles. The van der Waals surface area contributed by atoms with Crippen LogP contribution >= 0.6 is 0 Å². The zero-order valence-electron chi connectivity index (χ0n) is 14.0. The van der Waals surface area contributed by atoms with Crippen LogP contribution < -0.4 is 34.7 Å². The summed E-state index contributed by atoms with van der Waals surface area (Å²) < 4.78 is 0. The van der Waals surface area contributed by atoms with E-state index in [1.807, 2.05) is 0 Å². The zero-order valence-corrected chi connectivity index (χ0v) is 17.6. The van der Waals surface area contributed by atoms with Gasteiger partial charge in [-0.15, -0.1) is 0 Å². The molecule has 0 aliphatic heterocycles. The van der Waals surface area contributed by atoms with Gasteiger partial charge in [0.2, 0.25) is 0 Å². The fraction of sp³-hybridized carbons (Fsp3) is 0.500. The van der Waals surface area contributed by atoms with Crippen LogP contribution in [0.1, 0.15) is 0 Å². The van der Waals surface area contributed by atoms with Gasteiger partial charge in [-0.05, 0) is 0 Å². The van der Waals surface area contributed by atoms with Crippen molar-refractivity contribution in [2.75, 3.05) is 33.0 Å². The number of aliphatic carboxylic acids is 5. The van der Waals surface area contributed by atoms with Crippen LogP contribution in [0.5, 0.6) is 0 Å². The molecule has 0 aliphatic rings. The van der Waals surface area contributed by atoms with Crippen LogP contribution in [0.15, 0.2) is 0 Å². The first kappa shape index (κ1) is 44.9. The summed E-state index contributed by atoms with van der Waals surface area (Å²) in [7, 11) is 0. The Morgan fingerprint density at radius 1 is 0.519 bits per heavy atom. The fourth-order valence-corrected chi connectivity index (χ4v) is 0. The fourth-order valence-electron chi connectivity index (χ4n) is 0. The quantitative estimate of drug-likeness (QED) is 0.176. The van der Waals surface area contributed by atoms with E-state index in [0.29, 0.717) is 0 Å². The Morgan fingerprint density at radius 3 is 0.593 bits per heavy atom. The van der Waals surface area contributed by atoms with Crippen molar-refractivity contribution in [2.24, 2.45) is 0 Å². The van der Waals surface area contributed by atoms with Crippen molar-refractivity contribution in [3.05, 3.63) is 0 Å². The smallest absolute Gasteiger partial charge is 0.548 e. The number of aliphatic hydroxyl groups excluding tert-OH is 5. The number of aliphatic hydroxyl groups is 5. The predicted molar refractivity (Wildman–Crippen MR) is 71.0 cm³/mol. The second-order valence-corrected chi connectivity index (χ2v) is 2.74. The van der Waals surface area contributed by atoms with Crippen molar-refractivity contribution >= 4 is 29.8 Å². The summed E-state index contributed by atoms with van der Waals surface area (Å²) in [6, 6.07) is 0. The van der Waals surface area contributed by atoms with Gasteiger partial charge in [0.1, 0.15) is 26.4 Å². The normalized spacial score (nSPS) is 6.85. The third kappa shape index (κ3) is 165. The number of carboxylic acids is 5. The van der Waals surface area contributed by atoms with Crippen molar-refractivity contribution in [1.82, 2.24) is 0 Å². The molecule has 0 saturated carbocycles. The molecule has 27 heavy (non-hydrogen) atoms. The van der Waals surface area contributed by atoms with Crippen molar-refractivity contribution in [3.63, 3.8) is 0 Å². The molecule has 0 unspecified atom stereocenters. The minimum Gasteiger partial charge on any atom is -0.548 e. The summed E-state index contributed by atoms with van der Waals surface area (Å²) >= 11 is 0. The molecular weight excluding hydrogens is 431 g/mol. The molecule has 0 saturated heterocycles. The molecule has 0 bridgehead atoms. The number of carbonyl (C=O) groups is 5. The minimum atomic E-state index is -1.44. The monoisotopic (exact) mass is 450 g/mol. The van der Waals surface area contributed by atoms with E-state index < -0.39 is 62.9 Å². The Balaban J connectivity index is -0.0000000364. The maximum absolute atomic E-state index is 9.12. The molecule has 17 heteroatoms. The summed E-state index contributed by atoms with van der Waals surface area (Å²) in [6.07, 6.45) is 0. The van der Waals surface area contributed by atoms with Crippen LogP contribution in [-0.4, -0.2) is 109 Å². The number of hydrogen-bond donors (Lipinski definition) is 9. The number of hydrogen-bond acceptors (Lipinski definition) is 11. The zero-order chi connectivity index (χ0) is 21.4. The van der Waals surface area contributed by atoms with Gasteiger partial charge in [-0.3, -0.25) is 0 Å². The van der Waals surface area contributed by atoms with Crippen LogP contribution in [0.3, 0.4) is 0 Å². The SMILES string of the molecule is O=C(O)CO.O=C(O)CO.O=C(O)CO.O=C(O)CO.O=C([O-])CO.[Na+].[Ti]. The Labute approximate surface area is 188 Å². The molecule has 0 spiro atoms. The number of rotatable bonds is 5. The van der Waals surface area contributed by atoms with E-state index in [2.05, 4.69) is 0 Å². The van der Waals surface area contributed by atoms with Crippen molar-refractivity contribution in [1.29, 1.82) is 0 Å². The molecule has 0 rings (SSSR count). The van der Waals surface area contributed by atoms with Gasteiger partial charge in [-0.2, -0.15) is 0 Å². The summed E-state index contributed by atoms with van der Waals surface area (Å²) in [4.78, 5) is 45.5. The van der Waals surface area contributed by atoms with Gasteiger partial charge < -0.3 is 55.9 Å². The van der Waals surface area contributed by atoms with E-state index in [9.17, 15) is 0 Å². The molecular formula is C10H19NaO15Ti.